The maximum absolute atomic E-state index is 12.2. The van der Waals surface area contributed by atoms with E-state index in [0.717, 1.165) is 0 Å². The lowest BCUT2D eigenvalue weighted by molar-refractivity contribution is 0.0990. The van der Waals surface area contributed by atoms with Crippen LogP contribution in [0.1, 0.15) is 10.4 Å². The van der Waals surface area contributed by atoms with Crippen LogP contribution >= 0.6 is 0 Å². The molecule has 0 aliphatic carbocycles. The fraction of sp³-hybridized carbons (Fsp3) is 0.0714. The van der Waals surface area contributed by atoms with Gasteiger partial charge in [-0.05, 0) is 42.5 Å². The molecule has 0 unspecified atom stereocenters. The number of nitrogen functional groups attached to an aromatic ring is 1. The summed E-state index contributed by atoms with van der Waals surface area (Å²) >= 11 is 0. The highest BCUT2D eigenvalue weighted by Gasteiger charge is 2.17. The second-order valence-corrected chi connectivity index (χ2v) is 4.16. The van der Waals surface area contributed by atoms with E-state index in [4.69, 9.17) is 5.73 Å². The molecule has 0 heterocycles. The highest BCUT2D eigenvalue weighted by atomic mass is 16.3. The number of rotatable bonds is 2. The fourth-order valence-corrected chi connectivity index (χ4v) is 1.69. The minimum absolute atomic E-state index is 0.0410. The highest BCUT2D eigenvalue weighted by Crippen LogP contribution is 2.25. The maximum atomic E-state index is 12.2. The van der Waals surface area contributed by atoms with Crippen molar-refractivity contribution in [3.63, 3.8) is 0 Å². The molecule has 0 radical (unpaired) electrons. The minimum Gasteiger partial charge on any atom is -0.508 e. The summed E-state index contributed by atoms with van der Waals surface area (Å²) in [5.74, 6) is -0.671. The Morgan fingerprint density at radius 1 is 1.11 bits per heavy atom. The minimum atomic E-state index is -0.418. The number of amides is 1. The number of hydrogen-bond acceptors (Lipinski definition) is 4. The van der Waals surface area contributed by atoms with Gasteiger partial charge in [0.05, 0.1) is 5.56 Å². The molecule has 2 aromatic rings. The molecule has 0 bridgehead atoms. The van der Waals surface area contributed by atoms with Crippen LogP contribution in [-0.2, 0) is 0 Å². The summed E-state index contributed by atoms with van der Waals surface area (Å²) in [6.07, 6.45) is 0. The van der Waals surface area contributed by atoms with E-state index < -0.39 is 5.91 Å². The fourth-order valence-electron chi connectivity index (χ4n) is 1.69. The van der Waals surface area contributed by atoms with Crippen LogP contribution in [0.4, 0.5) is 11.4 Å². The zero-order valence-corrected chi connectivity index (χ0v) is 10.4. The van der Waals surface area contributed by atoms with Crippen LogP contribution in [0.3, 0.4) is 0 Å². The Balaban J connectivity index is 2.33. The average molecular weight is 258 g/mol. The van der Waals surface area contributed by atoms with Gasteiger partial charge in [0.1, 0.15) is 11.5 Å². The van der Waals surface area contributed by atoms with Crippen molar-refractivity contribution in [1.29, 1.82) is 0 Å². The topological polar surface area (TPSA) is 86.8 Å². The third kappa shape index (κ3) is 2.60. The van der Waals surface area contributed by atoms with E-state index in [1.54, 1.807) is 31.3 Å². The van der Waals surface area contributed by atoms with Gasteiger partial charge in [0.15, 0.2) is 0 Å². The van der Waals surface area contributed by atoms with E-state index in [-0.39, 0.29) is 17.1 Å². The lowest BCUT2D eigenvalue weighted by Gasteiger charge is -2.18. The van der Waals surface area contributed by atoms with E-state index in [1.165, 1.54) is 23.1 Å². The number of phenols is 2. The van der Waals surface area contributed by atoms with Gasteiger partial charge in [-0.3, -0.25) is 4.79 Å². The number of anilines is 2. The molecule has 4 N–H and O–H groups in total. The van der Waals surface area contributed by atoms with Crippen LogP contribution in [0.25, 0.3) is 0 Å². The first-order valence-electron chi connectivity index (χ1n) is 5.64. The van der Waals surface area contributed by atoms with E-state index in [1.807, 2.05) is 0 Å². The van der Waals surface area contributed by atoms with E-state index in [2.05, 4.69) is 0 Å². The van der Waals surface area contributed by atoms with E-state index in [9.17, 15) is 15.0 Å². The Morgan fingerprint density at radius 3 is 2.37 bits per heavy atom. The molecule has 0 aromatic heterocycles. The van der Waals surface area contributed by atoms with Gasteiger partial charge in [-0.25, -0.2) is 0 Å². The highest BCUT2D eigenvalue weighted by molar-refractivity contribution is 6.07. The van der Waals surface area contributed by atoms with Gasteiger partial charge >= 0.3 is 0 Å². The molecule has 5 heteroatoms. The summed E-state index contributed by atoms with van der Waals surface area (Å²) in [6, 6.07) is 10.6. The molecule has 0 aliphatic rings. The monoisotopic (exact) mass is 258 g/mol. The first kappa shape index (κ1) is 12.8. The second kappa shape index (κ2) is 4.89. The number of aromatic hydroxyl groups is 2. The summed E-state index contributed by atoms with van der Waals surface area (Å²) in [5, 5.41) is 19.0. The predicted molar refractivity (Wildman–Crippen MR) is 73.4 cm³/mol. The molecule has 0 fully saturated rings. The number of nitrogens with two attached hydrogens (primary N) is 1. The number of hydrogen-bond donors (Lipinski definition) is 3. The predicted octanol–water partition coefficient (Wildman–Crippen LogP) is 1.96. The van der Waals surface area contributed by atoms with Gasteiger partial charge in [-0.2, -0.15) is 0 Å². The van der Waals surface area contributed by atoms with Crippen molar-refractivity contribution in [3.05, 3.63) is 48.0 Å². The number of phenolic OH excluding ortho intramolecular Hbond substituents is 2. The van der Waals surface area contributed by atoms with Gasteiger partial charge in [-0.1, -0.05) is 0 Å². The van der Waals surface area contributed by atoms with Crippen LogP contribution in [0, 0.1) is 0 Å². The lowest BCUT2D eigenvalue weighted by Crippen LogP contribution is -2.26. The first-order chi connectivity index (χ1) is 8.99. The van der Waals surface area contributed by atoms with Gasteiger partial charge in [0.2, 0.25) is 0 Å². The van der Waals surface area contributed by atoms with Crippen molar-refractivity contribution >= 4 is 17.3 Å². The van der Waals surface area contributed by atoms with Crippen molar-refractivity contribution in [2.45, 2.75) is 0 Å². The molecule has 2 aromatic carbocycles. The Bertz CT molecular complexity index is 609. The Labute approximate surface area is 110 Å². The molecule has 0 spiro atoms. The Morgan fingerprint density at radius 2 is 1.74 bits per heavy atom. The molecule has 1 amide bonds. The first-order valence-corrected chi connectivity index (χ1v) is 5.64. The van der Waals surface area contributed by atoms with Crippen molar-refractivity contribution in [3.8, 4) is 11.5 Å². The van der Waals surface area contributed by atoms with Crippen LogP contribution < -0.4 is 10.6 Å². The molecular weight excluding hydrogens is 244 g/mol. The number of carbonyl (C=O) groups is 1. The zero-order chi connectivity index (χ0) is 14.0. The van der Waals surface area contributed by atoms with Crippen LogP contribution in [0.15, 0.2) is 42.5 Å². The molecule has 5 nitrogen and oxygen atoms in total. The Hall–Kier alpha value is -2.69. The third-order valence-electron chi connectivity index (χ3n) is 2.80. The lowest BCUT2D eigenvalue weighted by atomic mass is 10.1. The molecule has 0 atom stereocenters. The van der Waals surface area contributed by atoms with Crippen LogP contribution in [-0.4, -0.2) is 23.2 Å². The van der Waals surface area contributed by atoms with Crippen molar-refractivity contribution in [2.24, 2.45) is 0 Å². The summed E-state index contributed by atoms with van der Waals surface area (Å²) in [5.41, 5.74) is 6.86. The number of benzene rings is 2. The van der Waals surface area contributed by atoms with Crippen molar-refractivity contribution < 1.29 is 15.0 Å². The molecule has 0 saturated heterocycles. The zero-order valence-electron chi connectivity index (χ0n) is 10.4. The summed E-state index contributed by atoms with van der Waals surface area (Å²) in [4.78, 5) is 13.6. The summed E-state index contributed by atoms with van der Waals surface area (Å²) < 4.78 is 0. The Kier molecular flexibility index (Phi) is 3.29. The molecule has 19 heavy (non-hydrogen) atoms. The second-order valence-electron chi connectivity index (χ2n) is 4.16. The van der Waals surface area contributed by atoms with Gasteiger partial charge < -0.3 is 20.8 Å². The summed E-state index contributed by atoms with van der Waals surface area (Å²) in [7, 11) is 1.58. The van der Waals surface area contributed by atoms with E-state index >= 15 is 0 Å². The normalized spacial score (nSPS) is 10.2. The molecule has 98 valence electrons. The third-order valence-corrected chi connectivity index (χ3v) is 2.80. The van der Waals surface area contributed by atoms with Crippen LogP contribution in [0.5, 0.6) is 11.5 Å². The molecule has 0 aliphatic heterocycles. The van der Waals surface area contributed by atoms with E-state index in [0.29, 0.717) is 11.4 Å². The smallest absolute Gasteiger partial charge is 0.261 e. The standard InChI is InChI=1S/C14H14N2O3/c1-16(10-4-2-9(15)3-5-10)14(19)12-8-11(17)6-7-13(12)18/h2-8,17-18H,15H2,1H3. The SMILES string of the molecule is CN(C(=O)c1cc(O)ccc1O)c1ccc(N)cc1. The largest absolute Gasteiger partial charge is 0.508 e. The molecule has 0 saturated carbocycles. The van der Waals surface area contributed by atoms with Gasteiger partial charge in [0, 0.05) is 18.4 Å². The van der Waals surface area contributed by atoms with Crippen molar-refractivity contribution in [2.75, 3.05) is 17.7 Å². The van der Waals surface area contributed by atoms with Gasteiger partial charge in [0.25, 0.3) is 5.91 Å². The molecule has 2 rings (SSSR count). The number of nitrogens with zero attached hydrogens (tertiary/aromatic N) is 1. The van der Waals surface area contributed by atoms with Gasteiger partial charge in [-0.15, -0.1) is 0 Å². The average Bonchev–Trinajstić information content (AvgIpc) is 2.41. The molecular formula is C14H14N2O3. The summed E-state index contributed by atoms with van der Waals surface area (Å²) in [6.45, 7) is 0. The van der Waals surface area contributed by atoms with Crippen molar-refractivity contribution in [1.82, 2.24) is 0 Å². The quantitative estimate of drug-likeness (QED) is 0.567. The number of carbonyl (C=O) groups excluding carboxylic acids is 1. The maximum Gasteiger partial charge on any atom is 0.261 e. The van der Waals surface area contributed by atoms with Crippen LogP contribution in [0.2, 0.25) is 0 Å².